The summed E-state index contributed by atoms with van der Waals surface area (Å²) in [6.07, 6.45) is 6.35. The Bertz CT molecular complexity index is 4060. The summed E-state index contributed by atoms with van der Waals surface area (Å²) >= 11 is 0. The third kappa shape index (κ3) is 4.47. The molecule has 0 spiro atoms. The minimum absolute atomic E-state index is 0.0233. The van der Waals surface area contributed by atoms with Crippen LogP contribution in [0.15, 0.2) is 175 Å². The fourth-order valence-corrected chi connectivity index (χ4v) is 11.3. The number of nitrogens with zero attached hydrogens (tertiary/aromatic N) is 2. The van der Waals surface area contributed by atoms with Gasteiger partial charge in [-0.15, -0.1) is 0 Å². The van der Waals surface area contributed by atoms with Crippen molar-refractivity contribution in [1.82, 2.24) is 8.97 Å². The van der Waals surface area contributed by atoms with E-state index in [1.807, 2.05) is 28.7 Å². The lowest BCUT2D eigenvalue weighted by Crippen LogP contribution is -2.14. The average Bonchev–Trinajstić information content (AvgIpc) is 3.90. The Labute approximate surface area is 358 Å². The topological polar surface area (TPSA) is 26.4 Å². The third-order valence-corrected chi connectivity index (χ3v) is 14.1. The number of hydrogen-bond acceptors (Lipinski definition) is 1. The summed E-state index contributed by atoms with van der Waals surface area (Å²) in [6.45, 7) is 11.1. The van der Waals surface area contributed by atoms with Gasteiger partial charge in [-0.1, -0.05) is 142 Å². The minimum Gasteiger partial charge on any atom is -0.309 e. The minimum atomic E-state index is -0.0857. The van der Waals surface area contributed by atoms with Crippen LogP contribution in [0.4, 0.5) is 0 Å². The van der Waals surface area contributed by atoms with Gasteiger partial charge < -0.3 is 4.57 Å². The average molecular weight is 793 g/mol. The van der Waals surface area contributed by atoms with E-state index in [1.54, 1.807) is 0 Å². The largest absolute Gasteiger partial charge is 0.309 e. The summed E-state index contributed by atoms with van der Waals surface area (Å²) in [4.78, 5) is 14.1. The van der Waals surface area contributed by atoms with Crippen LogP contribution in [0.5, 0.6) is 0 Å². The van der Waals surface area contributed by atoms with Gasteiger partial charge in [0.25, 0.3) is 5.56 Å². The van der Waals surface area contributed by atoms with E-state index in [0.717, 1.165) is 65.7 Å². The van der Waals surface area contributed by atoms with Crippen LogP contribution < -0.4 is 5.56 Å². The number of benzene rings is 9. The summed E-state index contributed by atoms with van der Waals surface area (Å²) in [5.41, 5.74) is 15.3. The Morgan fingerprint density at radius 2 is 1.13 bits per heavy atom. The first-order valence-electron chi connectivity index (χ1n) is 21.5. The maximum atomic E-state index is 14.1. The molecule has 0 radical (unpaired) electrons. The second-order valence-corrected chi connectivity index (χ2v) is 17.6. The van der Waals surface area contributed by atoms with Crippen LogP contribution >= 0.6 is 0 Å². The molecule has 3 nitrogen and oxygen atoms in total. The Morgan fingerprint density at radius 1 is 0.484 bits per heavy atom. The molecule has 12 aromatic rings. The zero-order valence-corrected chi connectivity index (χ0v) is 34.8. The van der Waals surface area contributed by atoms with Crippen LogP contribution in [0.25, 0.3) is 121 Å². The molecule has 1 aliphatic carbocycles. The number of fused-ring (bicyclic) bond motifs is 14. The second kappa shape index (κ2) is 12.4. The number of allylic oxidation sites excluding steroid dienone is 1. The van der Waals surface area contributed by atoms with Crippen molar-refractivity contribution in [3.63, 3.8) is 0 Å². The van der Waals surface area contributed by atoms with E-state index in [9.17, 15) is 4.79 Å². The molecule has 62 heavy (non-hydrogen) atoms. The van der Waals surface area contributed by atoms with Crippen LogP contribution in [0.3, 0.4) is 0 Å². The zero-order valence-electron chi connectivity index (χ0n) is 34.8. The number of aromatic nitrogens is 2. The first-order valence-corrected chi connectivity index (χ1v) is 21.5. The summed E-state index contributed by atoms with van der Waals surface area (Å²) in [5.74, 6) is 0. The van der Waals surface area contributed by atoms with Crippen molar-refractivity contribution >= 4 is 93.5 Å². The standard InChI is InChI=1S/C59H40N2O/c1-5-14-38-37(6-2)40-26-23-34(35-24-28-55-50(30-35)45-20-13-19-44-39-15-7-8-18-46(39)58(62)61(55)57(44)45)29-47(40)48-31-36(25-27-41(38)48)60-54-22-12-10-17-43(54)51-32-53-49(33-56(51)60)42-16-9-11-21-52(42)59(53,3)4/h5-33H,2H2,1,3-4H3/b14-5-. The Morgan fingerprint density at radius 3 is 1.95 bits per heavy atom. The molecule has 0 amide bonds. The molecule has 3 heterocycles. The van der Waals surface area contributed by atoms with Gasteiger partial charge in [-0.25, -0.2) is 0 Å². The van der Waals surface area contributed by atoms with Crippen LogP contribution in [-0.4, -0.2) is 8.97 Å². The molecule has 0 N–H and O–H groups in total. The summed E-state index contributed by atoms with van der Waals surface area (Å²) < 4.78 is 4.39. The highest BCUT2D eigenvalue weighted by atomic mass is 16.1. The highest BCUT2D eigenvalue weighted by molar-refractivity contribution is 6.21. The number of rotatable bonds is 4. The van der Waals surface area contributed by atoms with Gasteiger partial charge >= 0.3 is 0 Å². The molecule has 0 fully saturated rings. The summed E-state index contributed by atoms with van der Waals surface area (Å²) in [5, 5.41) is 12.2. The quantitative estimate of drug-likeness (QED) is 0.163. The van der Waals surface area contributed by atoms with Crippen molar-refractivity contribution in [2.24, 2.45) is 0 Å². The van der Waals surface area contributed by atoms with Gasteiger partial charge in [0.15, 0.2) is 0 Å². The fraction of sp³-hybridized carbons (Fsp3) is 0.0678. The van der Waals surface area contributed by atoms with Crippen molar-refractivity contribution in [2.75, 3.05) is 0 Å². The predicted octanol–water partition coefficient (Wildman–Crippen LogP) is 15.2. The molecule has 9 aromatic carbocycles. The molecule has 292 valence electrons. The first kappa shape index (κ1) is 35.0. The molecule has 0 bridgehead atoms. The van der Waals surface area contributed by atoms with Gasteiger partial charge in [0, 0.05) is 43.4 Å². The molecule has 3 heteroatoms. The van der Waals surface area contributed by atoms with Crippen molar-refractivity contribution in [3.8, 4) is 27.9 Å². The molecule has 0 aliphatic heterocycles. The van der Waals surface area contributed by atoms with E-state index in [4.69, 9.17) is 0 Å². The Balaban J connectivity index is 1.07. The summed E-state index contributed by atoms with van der Waals surface area (Å²) in [6, 6.07) is 57.4. The number of para-hydroxylation sites is 2. The lowest BCUT2D eigenvalue weighted by Gasteiger charge is -2.21. The van der Waals surface area contributed by atoms with Gasteiger partial charge in [0.2, 0.25) is 0 Å². The number of pyridine rings is 1. The molecule has 0 atom stereocenters. The molecule has 1 aliphatic rings. The van der Waals surface area contributed by atoms with Crippen LogP contribution in [0.1, 0.15) is 43.0 Å². The Hall–Kier alpha value is -7.75. The van der Waals surface area contributed by atoms with Crippen LogP contribution in [-0.2, 0) is 5.41 Å². The fourth-order valence-electron chi connectivity index (χ4n) is 11.3. The van der Waals surface area contributed by atoms with Gasteiger partial charge in [-0.05, 0) is 133 Å². The van der Waals surface area contributed by atoms with Gasteiger partial charge in [0.1, 0.15) is 0 Å². The SMILES string of the molecule is C=Cc1c(/C=C\C)c2ccc(-n3c4ccccc4c4cc5c(cc43)-c3ccccc3C5(C)C)cc2c2cc(-c3ccc4c(c3)c3cccc5c6ccccc6c(=O)n4c53)ccc12. The van der Waals surface area contributed by atoms with E-state index in [1.165, 1.54) is 65.8 Å². The van der Waals surface area contributed by atoms with Gasteiger partial charge in [0.05, 0.1) is 22.1 Å². The Kier molecular flexibility index (Phi) is 7.01. The van der Waals surface area contributed by atoms with Crippen LogP contribution in [0, 0.1) is 0 Å². The van der Waals surface area contributed by atoms with E-state index < -0.39 is 0 Å². The maximum Gasteiger partial charge on any atom is 0.263 e. The van der Waals surface area contributed by atoms with E-state index in [0.29, 0.717) is 0 Å². The van der Waals surface area contributed by atoms with Crippen molar-refractivity contribution < 1.29 is 0 Å². The van der Waals surface area contributed by atoms with Crippen molar-refractivity contribution in [2.45, 2.75) is 26.2 Å². The summed E-state index contributed by atoms with van der Waals surface area (Å²) in [7, 11) is 0. The molecular weight excluding hydrogens is 753 g/mol. The van der Waals surface area contributed by atoms with E-state index in [-0.39, 0.29) is 11.0 Å². The molecule has 0 saturated heterocycles. The second-order valence-electron chi connectivity index (χ2n) is 17.6. The normalized spacial score (nSPS) is 13.6. The molecular formula is C59H40N2O. The first-order chi connectivity index (χ1) is 30.4. The molecule has 0 unspecified atom stereocenters. The van der Waals surface area contributed by atoms with Crippen LogP contribution in [0.2, 0.25) is 0 Å². The van der Waals surface area contributed by atoms with Gasteiger partial charge in [-0.3, -0.25) is 9.20 Å². The number of hydrogen-bond donors (Lipinski definition) is 0. The third-order valence-electron chi connectivity index (χ3n) is 14.1. The predicted molar refractivity (Wildman–Crippen MR) is 265 cm³/mol. The smallest absolute Gasteiger partial charge is 0.263 e. The zero-order chi connectivity index (χ0) is 41.6. The van der Waals surface area contributed by atoms with E-state index >= 15 is 0 Å². The maximum absolute atomic E-state index is 14.1. The molecule has 3 aromatic heterocycles. The van der Waals surface area contributed by atoms with Crippen molar-refractivity contribution in [1.29, 1.82) is 0 Å². The molecule has 13 rings (SSSR count). The lowest BCUT2D eigenvalue weighted by molar-refractivity contribution is 0.661. The van der Waals surface area contributed by atoms with Gasteiger partial charge in [-0.2, -0.15) is 0 Å². The van der Waals surface area contributed by atoms with Crippen molar-refractivity contribution in [3.05, 3.63) is 203 Å². The monoisotopic (exact) mass is 792 g/mol. The molecule has 0 saturated carbocycles. The highest BCUT2D eigenvalue weighted by Gasteiger charge is 2.36. The van der Waals surface area contributed by atoms with E-state index in [2.05, 4.69) is 184 Å². The lowest BCUT2D eigenvalue weighted by atomic mass is 9.82. The highest BCUT2D eigenvalue weighted by Crippen LogP contribution is 2.51.